The van der Waals surface area contributed by atoms with Crippen LogP contribution in [0.3, 0.4) is 0 Å². The van der Waals surface area contributed by atoms with Crippen molar-refractivity contribution < 1.29 is 9.18 Å². The lowest BCUT2D eigenvalue weighted by molar-refractivity contribution is 0.102. The second-order valence-electron chi connectivity index (χ2n) is 7.01. The van der Waals surface area contributed by atoms with Gasteiger partial charge in [0, 0.05) is 34.8 Å². The van der Waals surface area contributed by atoms with Crippen LogP contribution in [0, 0.1) is 12.7 Å². The molecule has 1 N–H and O–H groups in total. The quantitative estimate of drug-likeness (QED) is 0.466. The Morgan fingerprint density at radius 2 is 1.93 bits per heavy atom. The minimum atomic E-state index is -0.446. The number of benzene rings is 2. The van der Waals surface area contributed by atoms with Crippen molar-refractivity contribution in [2.75, 3.05) is 5.32 Å². The third-order valence-electron chi connectivity index (χ3n) is 4.85. The fourth-order valence-electron chi connectivity index (χ4n) is 3.23. The van der Waals surface area contributed by atoms with Gasteiger partial charge in [0.05, 0.1) is 17.6 Å². The van der Waals surface area contributed by atoms with Crippen LogP contribution in [0.4, 0.5) is 10.1 Å². The van der Waals surface area contributed by atoms with Gasteiger partial charge in [-0.15, -0.1) is 11.3 Å². The number of halogens is 1. The predicted molar refractivity (Wildman–Crippen MR) is 118 cm³/mol. The van der Waals surface area contributed by atoms with Gasteiger partial charge < -0.3 is 5.32 Å². The molecule has 0 aliphatic rings. The molecule has 0 saturated heterocycles. The van der Waals surface area contributed by atoms with Gasteiger partial charge in [0.1, 0.15) is 10.8 Å². The predicted octanol–water partition coefficient (Wildman–Crippen LogP) is 5.47. The van der Waals surface area contributed by atoms with E-state index >= 15 is 0 Å². The Labute approximate surface area is 178 Å². The molecule has 4 aromatic rings. The van der Waals surface area contributed by atoms with E-state index in [0.29, 0.717) is 11.1 Å². The van der Waals surface area contributed by atoms with Crippen LogP contribution in [0.2, 0.25) is 0 Å². The number of anilines is 1. The molecule has 0 radical (unpaired) electrons. The van der Waals surface area contributed by atoms with Crippen molar-refractivity contribution in [1.29, 1.82) is 0 Å². The average Bonchev–Trinajstić information content (AvgIpc) is 3.37. The molecule has 0 unspecified atom stereocenters. The summed E-state index contributed by atoms with van der Waals surface area (Å²) in [4.78, 5) is 18.6. The van der Waals surface area contributed by atoms with E-state index in [1.807, 2.05) is 25.4 Å². The van der Waals surface area contributed by atoms with Gasteiger partial charge in [-0.05, 0) is 37.1 Å². The molecule has 152 valence electrons. The summed E-state index contributed by atoms with van der Waals surface area (Å²) < 4.78 is 15.8. The number of nitrogens with one attached hydrogen (secondary N) is 1. The molecule has 0 atom stereocenters. The van der Waals surface area contributed by atoms with Crippen LogP contribution in [0.15, 0.2) is 54.9 Å². The van der Waals surface area contributed by atoms with Crippen molar-refractivity contribution >= 4 is 22.9 Å². The van der Waals surface area contributed by atoms with E-state index in [2.05, 4.69) is 17.3 Å². The SMILES string of the molecule is CCc1sc(-c2cnn(C)c2)nc1-c1ccc(C(=O)Nc2c(C)cccc2F)cc1. The van der Waals surface area contributed by atoms with Crippen LogP contribution in [0.25, 0.3) is 21.8 Å². The summed E-state index contributed by atoms with van der Waals surface area (Å²) in [5.74, 6) is -0.794. The first kappa shape index (κ1) is 20.0. The van der Waals surface area contributed by atoms with E-state index in [-0.39, 0.29) is 11.6 Å². The molecular formula is C23H21FN4OS. The Balaban J connectivity index is 1.59. The maximum absolute atomic E-state index is 14.0. The molecule has 30 heavy (non-hydrogen) atoms. The highest BCUT2D eigenvalue weighted by Crippen LogP contribution is 2.34. The number of thiazole rings is 1. The number of para-hydroxylation sites is 1. The molecule has 2 aromatic heterocycles. The number of hydrogen-bond acceptors (Lipinski definition) is 4. The average molecular weight is 421 g/mol. The van der Waals surface area contributed by atoms with Gasteiger partial charge in [0.2, 0.25) is 0 Å². The number of nitrogens with zero attached hydrogens (tertiary/aromatic N) is 3. The molecule has 5 nitrogen and oxygen atoms in total. The van der Waals surface area contributed by atoms with E-state index in [4.69, 9.17) is 4.98 Å². The fourth-order valence-corrected chi connectivity index (χ4v) is 4.23. The standard InChI is InChI=1S/C23H21FN4OS/c1-4-19-21(27-23(30-19)17-12-25-28(3)13-17)15-8-10-16(11-9-15)22(29)26-20-14(2)6-5-7-18(20)24/h5-13H,4H2,1-3H3,(H,26,29). The van der Waals surface area contributed by atoms with Gasteiger partial charge >= 0.3 is 0 Å². The first-order chi connectivity index (χ1) is 14.5. The lowest BCUT2D eigenvalue weighted by Crippen LogP contribution is -2.13. The molecular weight excluding hydrogens is 399 g/mol. The zero-order valence-electron chi connectivity index (χ0n) is 16.9. The van der Waals surface area contributed by atoms with Crippen LogP contribution >= 0.6 is 11.3 Å². The van der Waals surface area contributed by atoms with Gasteiger partial charge in [0.25, 0.3) is 5.91 Å². The molecule has 1 amide bonds. The molecule has 2 aromatic carbocycles. The maximum Gasteiger partial charge on any atom is 0.255 e. The molecule has 0 fully saturated rings. The Hall–Kier alpha value is -3.32. The van der Waals surface area contributed by atoms with Gasteiger partial charge in [-0.3, -0.25) is 9.48 Å². The van der Waals surface area contributed by atoms with Crippen molar-refractivity contribution in [2.45, 2.75) is 20.3 Å². The smallest absolute Gasteiger partial charge is 0.255 e. The summed E-state index contributed by atoms with van der Waals surface area (Å²) >= 11 is 1.65. The van der Waals surface area contributed by atoms with Crippen LogP contribution in [-0.2, 0) is 13.5 Å². The summed E-state index contributed by atoms with van der Waals surface area (Å²) in [6, 6.07) is 12.0. The maximum atomic E-state index is 14.0. The summed E-state index contributed by atoms with van der Waals surface area (Å²) in [6.45, 7) is 3.86. The fraction of sp³-hybridized carbons (Fsp3) is 0.174. The summed E-state index contributed by atoms with van der Waals surface area (Å²) in [7, 11) is 1.88. The number of rotatable bonds is 5. The molecule has 4 rings (SSSR count). The largest absolute Gasteiger partial charge is 0.319 e. The summed E-state index contributed by atoms with van der Waals surface area (Å²) in [5.41, 5.74) is 4.19. The molecule has 0 spiro atoms. The van der Waals surface area contributed by atoms with Crippen LogP contribution in [0.1, 0.15) is 27.7 Å². The van der Waals surface area contributed by atoms with E-state index in [0.717, 1.165) is 28.2 Å². The van der Waals surface area contributed by atoms with Gasteiger partial charge in [-0.25, -0.2) is 9.37 Å². The number of aryl methyl sites for hydroxylation is 3. The van der Waals surface area contributed by atoms with Crippen molar-refractivity contribution in [2.24, 2.45) is 7.05 Å². The second-order valence-corrected chi connectivity index (χ2v) is 8.09. The van der Waals surface area contributed by atoms with E-state index in [1.54, 1.807) is 53.4 Å². The second kappa shape index (κ2) is 8.20. The van der Waals surface area contributed by atoms with Gasteiger partial charge in [-0.1, -0.05) is 31.2 Å². The zero-order valence-corrected chi connectivity index (χ0v) is 17.8. The van der Waals surface area contributed by atoms with E-state index in [9.17, 15) is 9.18 Å². The lowest BCUT2D eigenvalue weighted by atomic mass is 10.1. The Bertz CT molecular complexity index is 1190. The summed E-state index contributed by atoms with van der Waals surface area (Å²) in [6.07, 6.45) is 4.61. The number of aromatic nitrogens is 3. The lowest BCUT2D eigenvalue weighted by Gasteiger charge is -2.10. The Morgan fingerprint density at radius 1 is 1.17 bits per heavy atom. The zero-order chi connectivity index (χ0) is 21.3. The van der Waals surface area contributed by atoms with Gasteiger partial charge in [-0.2, -0.15) is 5.10 Å². The molecule has 0 bridgehead atoms. The molecule has 0 saturated carbocycles. The van der Waals surface area contributed by atoms with Crippen molar-refractivity contribution in [3.05, 3.63) is 76.7 Å². The van der Waals surface area contributed by atoms with Crippen LogP contribution in [-0.4, -0.2) is 20.7 Å². The van der Waals surface area contributed by atoms with Crippen LogP contribution in [0.5, 0.6) is 0 Å². The minimum Gasteiger partial charge on any atom is -0.319 e. The monoisotopic (exact) mass is 420 g/mol. The van der Waals surface area contributed by atoms with Gasteiger partial charge in [0.15, 0.2) is 0 Å². The number of carbonyl (C=O) groups is 1. The first-order valence-corrected chi connectivity index (χ1v) is 10.4. The molecule has 7 heteroatoms. The summed E-state index contributed by atoms with van der Waals surface area (Å²) in [5, 5.41) is 7.81. The first-order valence-electron chi connectivity index (χ1n) is 9.62. The highest BCUT2D eigenvalue weighted by Gasteiger charge is 2.16. The Morgan fingerprint density at radius 3 is 2.57 bits per heavy atom. The van der Waals surface area contributed by atoms with Crippen LogP contribution < -0.4 is 5.32 Å². The number of carbonyl (C=O) groups excluding carboxylic acids is 1. The third-order valence-corrected chi connectivity index (χ3v) is 6.10. The third kappa shape index (κ3) is 3.89. The number of hydrogen-bond donors (Lipinski definition) is 1. The molecule has 0 aliphatic carbocycles. The molecule has 0 aliphatic heterocycles. The van der Waals surface area contributed by atoms with Crippen molar-refractivity contribution in [3.8, 4) is 21.8 Å². The topological polar surface area (TPSA) is 59.8 Å². The van der Waals surface area contributed by atoms with Crippen molar-refractivity contribution in [1.82, 2.24) is 14.8 Å². The highest BCUT2D eigenvalue weighted by atomic mass is 32.1. The van der Waals surface area contributed by atoms with E-state index < -0.39 is 5.82 Å². The minimum absolute atomic E-state index is 0.209. The molecule has 2 heterocycles. The van der Waals surface area contributed by atoms with Crippen molar-refractivity contribution in [3.63, 3.8) is 0 Å². The highest BCUT2D eigenvalue weighted by molar-refractivity contribution is 7.15. The number of amides is 1. The normalized spacial score (nSPS) is 10.9. The Kier molecular flexibility index (Phi) is 5.46. The van der Waals surface area contributed by atoms with E-state index in [1.165, 1.54) is 10.9 Å².